The number of ether oxygens (including phenoxy) is 2. The number of rotatable bonds is 4. The van der Waals surface area contributed by atoms with Crippen LogP contribution in [0.5, 0.6) is 5.75 Å². The third kappa shape index (κ3) is 4.96. The van der Waals surface area contributed by atoms with E-state index < -0.39 is 24.2 Å². The summed E-state index contributed by atoms with van der Waals surface area (Å²) in [5, 5.41) is 0. The van der Waals surface area contributed by atoms with Crippen LogP contribution in [0.1, 0.15) is 5.56 Å². The molecule has 1 aromatic rings. The highest BCUT2D eigenvalue weighted by molar-refractivity contribution is 9.11. The average molecular weight is 449 g/mol. The number of hydrogen-bond acceptors (Lipinski definition) is 5. The number of methoxy groups -OCH3 is 1. The van der Waals surface area contributed by atoms with Gasteiger partial charge in [0.1, 0.15) is 6.04 Å². The van der Waals surface area contributed by atoms with Crippen LogP contribution >= 0.6 is 31.9 Å². The van der Waals surface area contributed by atoms with Crippen LogP contribution in [-0.4, -0.2) is 31.3 Å². The van der Waals surface area contributed by atoms with Gasteiger partial charge in [-0.25, -0.2) is 4.79 Å². The Morgan fingerprint density at radius 3 is 2.18 bits per heavy atom. The monoisotopic (exact) mass is 447 g/mol. The number of halogens is 5. The van der Waals surface area contributed by atoms with Crippen molar-refractivity contribution in [3.05, 3.63) is 26.6 Å². The summed E-state index contributed by atoms with van der Waals surface area (Å²) in [5.74, 6) is -3.29. The maximum Gasteiger partial charge on any atom is 0.491 e. The van der Waals surface area contributed by atoms with Crippen molar-refractivity contribution in [2.24, 2.45) is 5.73 Å². The van der Waals surface area contributed by atoms with E-state index in [-0.39, 0.29) is 21.1 Å². The summed E-state index contributed by atoms with van der Waals surface area (Å²) in [6.45, 7) is 0. The SMILES string of the molecule is COC(=O)C(N)Cc1cc(Br)c(OC(=O)C(F)(F)F)c(Br)c1. The van der Waals surface area contributed by atoms with Crippen molar-refractivity contribution in [2.45, 2.75) is 18.6 Å². The van der Waals surface area contributed by atoms with E-state index in [2.05, 4.69) is 41.3 Å². The topological polar surface area (TPSA) is 78.6 Å². The van der Waals surface area contributed by atoms with E-state index in [9.17, 15) is 22.8 Å². The minimum absolute atomic E-state index is 0.0946. The molecule has 10 heteroatoms. The zero-order chi connectivity index (χ0) is 17.1. The summed E-state index contributed by atoms with van der Waals surface area (Å²) in [7, 11) is 1.19. The predicted octanol–water partition coefficient (Wildman–Crippen LogP) is 2.72. The molecule has 0 aliphatic carbocycles. The highest BCUT2D eigenvalue weighted by Crippen LogP contribution is 2.36. The second-order valence-corrected chi connectivity index (χ2v) is 5.82. The third-order valence-electron chi connectivity index (χ3n) is 2.44. The zero-order valence-corrected chi connectivity index (χ0v) is 14.2. The fraction of sp³-hybridized carbons (Fsp3) is 0.333. The minimum Gasteiger partial charge on any atom is -0.468 e. The Morgan fingerprint density at radius 2 is 1.77 bits per heavy atom. The van der Waals surface area contributed by atoms with E-state index >= 15 is 0 Å². The smallest absolute Gasteiger partial charge is 0.468 e. The van der Waals surface area contributed by atoms with Crippen LogP contribution in [0.2, 0.25) is 0 Å². The summed E-state index contributed by atoms with van der Waals surface area (Å²) in [6.07, 6.45) is -5.01. The minimum atomic E-state index is -5.11. The van der Waals surface area contributed by atoms with E-state index in [1.54, 1.807) is 0 Å². The molecule has 1 unspecified atom stereocenters. The molecule has 0 heterocycles. The number of esters is 2. The first-order chi connectivity index (χ1) is 10.1. The molecular formula is C12H10Br2F3NO4. The highest BCUT2D eigenvalue weighted by atomic mass is 79.9. The van der Waals surface area contributed by atoms with Crippen molar-refractivity contribution in [3.63, 3.8) is 0 Å². The number of alkyl halides is 3. The summed E-state index contributed by atoms with van der Waals surface area (Å²) in [4.78, 5) is 22.1. The Balaban J connectivity index is 2.98. The second-order valence-electron chi connectivity index (χ2n) is 4.11. The van der Waals surface area contributed by atoms with Crippen molar-refractivity contribution >= 4 is 43.8 Å². The zero-order valence-electron chi connectivity index (χ0n) is 11.0. The van der Waals surface area contributed by atoms with Crippen molar-refractivity contribution in [1.82, 2.24) is 0 Å². The first kappa shape index (κ1) is 18.9. The fourth-order valence-electron chi connectivity index (χ4n) is 1.47. The summed E-state index contributed by atoms with van der Waals surface area (Å²) >= 11 is 6.01. The fourth-order valence-corrected chi connectivity index (χ4v) is 2.91. The molecule has 0 aliphatic heterocycles. The normalized spacial score (nSPS) is 12.7. The Hall–Kier alpha value is -1.13. The summed E-state index contributed by atoms with van der Waals surface area (Å²) in [5.41, 5.74) is 6.13. The van der Waals surface area contributed by atoms with Gasteiger partial charge < -0.3 is 15.2 Å². The lowest BCUT2D eigenvalue weighted by Crippen LogP contribution is -2.33. The van der Waals surface area contributed by atoms with Crippen LogP contribution in [0.25, 0.3) is 0 Å². The first-order valence-corrected chi connectivity index (χ1v) is 7.25. The Morgan fingerprint density at radius 1 is 1.27 bits per heavy atom. The molecule has 0 fully saturated rings. The lowest BCUT2D eigenvalue weighted by atomic mass is 10.1. The second kappa shape index (κ2) is 7.42. The van der Waals surface area contributed by atoms with Crippen molar-refractivity contribution in [2.75, 3.05) is 7.11 Å². The van der Waals surface area contributed by atoms with E-state index in [0.717, 1.165) is 0 Å². The molecule has 1 rings (SSSR count). The predicted molar refractivity (Wildman–Crippen MR) is 77.2 cm³/mol. The van der Waals surface area contributed by atoms with Crippen molar-refractivity contribution in [3.8, 4) is 5.75 Å². The van der Waals surface area contributed by atoms with Crippen molar-refractivity contribution < 1.29 is 32.2 Å². The number of carbonyl (C=O) groups excluding carboxylic acids is 2. The molecule has 0 amide bonds. The van der Waals surface area contributed by atoms with Gasteiger partial charge in [0, 0.05) is 0 Å². The van der Waals surface area contributed by atoms with E-state index in [0.29, 0.717) is 5.56 Å². The summed E-state index contributed by atoms with van der Waals surface area (Å²) < 4.78 is 45.6. The van der Waals surface area contributed by atoms with Crippen LogP contribution in [0, 0.1) is 0 Å². The van der Waals surface area contributed by atoms with Gasteiger partial charge in [-0.3, -0.25) is 4.79 Å². The van der Waals surface area contributed by atoms with Gasteiger partial charge in [-0.2, -0.15) is 13.2 Å². The van der Waals surface area contributed by atoms with Crippen molar-refractivity contribution in [1.29, 1.82) is 0 Å². The quantitative estimate of drug-likeness (QED) is 0.566. The van der Waals surface area contributed by atoms with Gasteiger partial charge in [0.25, 0.3) is 0 Å². The molecular weight excluding hydrogens is 439 g/mol. The molecule has 1 aromatic carbocycles. The average Bonchev–Trinajstić information content (AvgIpc) is 2.40. The van der Waals surface area contributed by atoms with Gasteiger partial charge in [0.05, 0.1) is 16.1 Å². The molecule has 0 bridgehead atoms. The van der Waals surface area contributed by atoms with Gasteiger partial charge >= 0.3 is 18.1 Å². The largest absolute Gasteiger partial charge is 0.491 e. The number of benzene rings is 1. The molecule has 0 radical (unpaired) electrons. The molecule has 0 saturated heterocycles. The van der Waals surface area contributed by atoms with E-state index in [4.69, 9.17) is 5.73 Å². The number of nitrogens with two attached hydrogens (primary N) is 1. The Bertz CT molecular complexity index is 569. The van der Waals surface area contributed by atoms with Gasteiger partial charge in [0.2, 0.25) is 0 Å². The summed E-state index contributed by atoms with van der Waals surface area (Å²) in [6, 6.07) is 1.87. The maximum absolute atomic E-state index is 12.2. The Labute approximate surface area is 140 Å². The molecule has 2 N–H and O–H groups in total. The highest BCUT2D eigenvalue weighted by Gasteiger charge is 2.42. The molecule has 0 aliphatic rings. The van der Waals surface area contributed by atoms with Crippen LogP contribution in [-0.2, 0) is 20.7 Å². The van der Waals surface area contributed by atoms with Gasteiger partial charge in [-0.1, -0.05) is 0 Å². The molecule has 5 nitrogen and oxygen atoms in total. The molecule has 0 saturated carbocycles. The molecule has 0 spiro atoms. The molecule has 0 aromatic heterocycles. The van der Waals surface area contributed by atoms with Crippen LogP contribution in [0.4, 0.5) is 13.2 Å². The van der Waals surface area contributed by atoms with Gasteiger partial charge in [0.15, 0.2) is 5.75 Å². The Kier molecular flexibility index (Phi) is 6.38. The van der Waals surface area contributed by atoms with Gasteiger partial charge in [-0.15, -0.1) is 0 Å². The van der Waals surface area contributed by atoms with Crippen LogP contribution < -0.4 is 10.5 Å². The van der Waals surface area contributed by atoms with Crippen LogP contribution in [0.15, 0.2) is 21.1 Å². The molecule has 122 valence electrons. The lowest BCUT2D eigenvalue weighted by molar-refractivity contribution is -0.189. The molecule has 1 atom stereocenters. The van der Waals surface area contributed by atoms with Gasteiger partial charge in [-0.05, 0) is 56.0 Å². The standard InChI is InChI=1S/C12H10Br2F3NO4/c1-21-10(19)8(18)4-5-2-6(13)9(7(14)3-5)22-11(20)12(15,16)17/h2-3,8H,4,18H2,1H3. The molecule has 22 heavy (non-hydrogen) atoms. The lowest BCUT2D eigenvalue weighted by Gasteiger charge is -2.13. The number of hydrogen-bond donors (Lipinski definition) is 1. The van der Waals surface area contributed by atoms with Crippen LogP contribution in [0.3, 0.4) is 0 Å². The maximum atomic E-state index is 12.2. The van der Waals surface area contributed by atoms with E-state index in [1.807, 2.05) is 0 Å². The number of carbonyl (C=O) groups is 2. The first-order valence-electron chi connectivity index (χ1n) is 5.66. The third-order valence-corrected chi connectivity index (χ3v) is 3.62. The van der Waals surface area contributed by atoms with E-state index in [1.165, 1.54) is 19.2 Å².